The fourth-order valence-corrected chi connectivity index (χ4v) is 8.48. The lowest BCUT2D eigenvalue weighted by atomic mass is 9.83. The van der Waals surface area contributed by atoms with Crippen molar-refractivity contribution in [1.82, 2.24) is 30.5 Å². The van der Waals surface area contributed by atoms with E-state index in [1.807, 2.05) is 34.6 Å². The average molecular weight is 695 g/mol. The molecule has 4 N–H and O–H groups in total. The van der Waals surface area contributed by atoms with Crippen LogP contribution in [0.5, 0.6) is 0 Å². The first-order chi connectivity index (χ1) is 22.6. The number of amides is 5. The van der Waals surface area contributed by atoms with Gasteiger partial charge in [-0.2, -0.15) is 4.31 Å². The van der Waals surface area contributed by atoms with E-state index in [0.29, 0.717) is 32.4 Å². The van der Waals surface area contributed by atoms with Crippen LogP contribution in [0.15, 0.2) is 12.7 Å². The van der Waals surface area contributed by atoms with E-state index in [9.17, 15) is 32.4 Å². The summed E-state index contributed by atoms with van der Waals surface area (Å²) in [7, 11) is -3.38. The molecule has 2 aliphatic heterocycles. The molecule has 5 amide bonds. The Hall–Kier alpha value is -3.00. The molecule has 0 aromatic rings. The van der Waals surface area contributed by atoms with Gasteiger partial charge in [-0.3, -0.25) is 19.2 Å². The van der Waals surface area contributed by atoms with Crippen molar-refractivity contribution in [3.8, 4) is 0 Å². The number of Topliss-reactive ketones (excluding diaryl/α,β-unsaturated/α-hetero) is 1. The number of carbonyl (C=O) groups excluding carboxylic acids is 5. The van der Waals surface area contributed by atoms with Crippen LogP contribution in [0.1, 0.15) is 98.8 Å². The van der Waals surface area contributed by atoms with Gasteiger partial charge in [0.2, 0.25) is 27.6 Å². The molecule has 13 nitrogen and oxygen atoms in total. The molecule has 48 heavy (non-hydrogen) atoms. The second kappa shape index (κ2) is 17.6. The van der Waals surface area contributed by atoms with Crippen LogP contribution in [0.2, 0.25) is 0 Å². The Morgan fingerprint density at radius 2 is 1.65 bits per heavy atom. The molecular formula is C34H58N6O7S. The highest BCUT2D eigenvalue weighted by molar-refractivity contribution is 7.89. The van der Waals surface area contributed by atoms with Crippen LogP contribution in [0.25, 0.3) is 0 Å². The third-order valence-corrected chi connectivity index (χ3v) is 11.9. The van der Waals surface area contributed by atoms with Gasteiger partial charge in [0.1, 0.15) is 12.1 Å². The molecule has 2 heterocycles. The number of sulfonamides is 1. The maximum atomic E-state index is 14.4. The van der Waals surface area contributed by atoms with Gasteiger partial charge in [0.15, 0.2) is 0 Å². The third-order valence-electron chi connectivity index (χ3n) is 9.98. The van der Waals surface area contributed by atoms with Crippen LogP contribution in [0.4, 0.5) is 4.79 Å². The number of likely N-dealkylation sites (tertiary alicyclic amines) is 1. The normalized spacial score (nSPS) is 23.5. The fraction of sp³-hybridized carbons (Fsp3) is 0.794. The summed E-state index contributed by atoms with van der Waals surface area (Å²) in [6, 6.07) is -3.86. The van der Waals surface area contributed by atoms with Gasteiger partial charge in [-0.25, -0.2) is 13.2 Å². The van der Waals surface area contributed by atoms with Gasteiger partial charge in [0, 0.05) is 32.2 Å². The van der Waals surface area contributed by atoms with E-state index < -0.39 is 63.2 Å². The number of urea groups is 1. The molecule has 0 spiro atoms. The van der Waals surface area contributed by atoms with E-state index in [4.69, 9.17) is 0 Å². The average Bonchev–Trinajstić information content (AvgIpc) is 3.59. The standard InChI is InChI=1S/C34H58N6O7S/c1-7-9-16-25(29(41)31(43)35-18-8-2)36-30(42)28-23(3)17-20-40(28)32(44)27(24-14-11-10-12-15-24)38-33(45)37-26(34(4,5)6)22-39-19-13-21-48(39,46)47/h8,23-28H,2,7,9-22H2,1,3-6H3,(H,35,43)(H,36,42)(H2,37,38,45)/t23-,25?,26+,27-,28-/m0/s1. The Bertz CT molecular complexity index is 1280. The van der Waals surface area contributed by atoms with E-state index >= 15 is 0 Å². The molecule has 0 aromatic heterocycles. The number of rotatable bonds is 15. The number of nitrogens with one attached hydrogen (secondary N) is 4. The van der Waals surface area contributed by atoms with Crippen molar-refractivity contribution >= 4 is 39.6 Å². The predicted molar refractivity (Wildman–Crippen MR) is 184 cm³/mol. The Morgan fingerprint density at radius 3 is 2.23 bits per heavy atom. The van der Waals surface area contributed by atoms with E-state index in [2.05, 4.69) is 27.8 Å². The lowest BCUT2D eigenvalue weighted by Gasteiger charge is -2.37. The van der Waals surface area contributed by atoms with Gasteiger partial charge < -0.3 is 26.2 Å². The Kier molecular flexibility index (Phi) is 14.5. The molecule has 2 saturated heterocycles. The predicted octanol–water partition coefficient (Wildman–Crippen LogP) is 2.47. The van der Waals surface area contributed by atoms with Gasteiger partial charge in [-0.05, 0) is 49.4 Å². The minimum Gasteiger partial charge on any atom is -0.346 e. The highest BCUT2D eigenvalue weighted by Gasteiger charge is 2.45. The van der Waals surface area contributed by atoms with Crippen molar-refractivity contribution in [2.24, 2.45) is 17.3 Å². The van der Waals surface area contributed by atoms with Crippen molar-refractivity contribution in [3.05, 3.63) is 12.7 Å². The maximum Gasteiger partial charge on any atom is 0.315 e. The first-order valence-electron chi connectivity index (χ1n) is 17.7. The zero-order valence-electron chi connectivity index (χ0n) is 29.5. The quantitative estimate of drug-likeness (QED) is 0.151. The number of unbranched alkanes of at least 4 members (excludes halogenated alkanes) is 1. The van der Waals surface area contributed by atoms with Gasteiger partial charge in [-0.15, -0.1) is 6.58 Å². The molecule has 3 rings (SSSR count). The number of nitrogens with zero attached hydrogens (tertiary/aromatic N) is 2. The summed E-state index contributed by atoms with van der Waals surface area (Å²) in [4.78, 5) is 68.8. The van der Waals surface area contributed by atoms with Crippen molar-refractivity contribution < 1.29 is 32.4 Å². The maximum absolute atomic E-state index is 14.4. The monoisotopic (exact) mass is 694 g/mol. The third kappa shape index (κ3) is 10.5. The van der Waals surface area contributed by atoms with Crippen LogP contribution < -0.4 is 21.3 Å². The highest BCUT2D eigenvalue weighted by Crippen LogP contribution is 2.31. The second-order valence-electron chi connectivity index (χ2n) is 14.7. The Labute approximate surface area is 286 Å². The van der Waals surface area contributed by atoms with Crippen LogP contribution in [-0.2, 0) is 29.2 Å². The van der Waals surface area contributed by atoms with Crippen LogP contribution in [0.3, 0.4) is 0 Å². The highest BCUT2D eigenvalue weighted by atomic mass is 32.2. The van der Waals surface area contributed by atoms with Crippen LogP contribution >= 0.6 is 0 Å². The number of hydrogen-bond acceptors (Lipinski definition) is 7. The van der Waals surface area contributed by atoms with E-state index in [0.717, 1.165) is 38.5 Å². The summed E-state index contributed by atoms with van der Waals surface area (Å²) < 4.78 is 26.5. The number of ketones is 1. The number of hydrogen-bond donors (Lipinski definition) is 4. The van der Waals surface area contributed by atoms with E-state index in [1.54, 1.807) is 0 Å². The molecule has 0 radical (unpaired) electrons. The van der Waals surface area contributed by atoms with Crippen LogP contribution in [0, 0.1) is 17.3 Å². The minimum absolute atomic E-state index is 0.0906. The lowest BCUT2D eigenvalue weighted by Crippen LogP contribution is -2.61. The SMILES string of the molecule is C=CCNC(=O)C(=O)C(CCCC)NC(=O)[C@@H]1[C@@H](C)CCN1C(=O)[C@@H](NC(=O)N[C@H](CN1CCCS1(=O)=O)C(C)(C)C)C1CCCCC1. The first-order valence-corrected chi connectivity index (χ1v) is 19.3. The smallest absolute Gasteiger partial charge is 0.315 e. The van der Waals surface area contributed by atoms with Gasteiger partial charge >= 0.3 is 6.03 Å². The molecule has 272 valence electrons. The largest absolute Gasteiger partial charge is 0.346 e. The minimum atomic E-state index is -3.38. The van der Waals surface area contributed by atoms with Crippen molar-refractivity contribution in [2.45, 2.75) is 123 Å². The van der Waals surface area contributed by atoms with Gasteiger partial charge in [0.05, 0.1) is 11.8 Å². The lowest BCUT2D eigenvalue weighted by molar-refractivity contribution is -0.144. The summed E-state index contributed by atoms with van der Waals surface area (Å²) in [5.41, 5.74) is -0.471. The molecule has 3 fully saturated rings. The van der Waals surface area contributed by atoms with Crippen molar-refractivity contribution in [1.29, 1.82) is 0 Å². The molecule has 1 saturated carbocycles. The summed E-state index contributed by atoms with van der Waals surface area (Å²) in [6.45, 7) is 14.2. The number of carbonyl (C=O) groups is 5. The molecule has 0 bridgehead atoms. The summed E-state index contributed by atoms with van der Waals surface area (Å²) in [6.07, 6.45) is 8.63. The summed E-state index contributed by atoms with van der Waals surface area (Å²) in [5.74, 6) is -2.63. The molecule has 3 aliphatic rings. The topological polar surface area (TPSA) is 174 Å². The van der Waals surface area contributed by atoms with Gasteiger partial charge in [-0.1, -0.05) is 72.8 Å². The molecule has 0 aromatic carbocycles. The first kappa shape index (κ1) is 39.4. The van der Waals surface area contributed by atoms with Crippen molar-refractivity contribution in [2.75, 3.05) is 31.9 Å². The zero-order chi connectivity index (χ0) is 35.6. The van der Waals surface area contributed by atoms with Gasteiger partial charge in [0.25, 0.3) is 5.91 Å². The van der Waals surface area contributed by atoms with E-state index in [1.165, 1.54) is 15.3 Å². The summed E-state index contributed by atoms with van der Waals surface area (Å²) in [5, 5.41) is 11.2. The molecule has 1 aliphatic carbocycles. The second-order valence-corrected chi connectivity index (χ2v) is 16.8. The zero-order valence-corrected chi connectivity index (χ0v) is 30.3. The molecular weight excluding hydrogens is 636 g/mol. The fourth-order valence-electron chi connectivity index (χ4n) is 6.94. The molecule has 5 atom stereocenters. The van der Waals surface area contributed by atoms with Crippen molar-refractivity contribution in [3.63, 3.8) is 0 Å². The molecule has 1 unspecified atom stereocenters. The van der Waals surface area contributed by atoms with E-state index in [-0.39, 0.29) is 43.0 Å². The summed E-state index contributed by atoms with van der Waals surface area (Å²) >= 11 is 0. The Morgan fingerprint density at radius 1 is 0.958 bits per heavy atom. The molecule has 14 heteroatoms. The van der Waals surface area contributed by atoms with Crippen LogP contribution in [-0.4, -0.2) is 103 Å². The Balaban J connectivity index is 1.80.